The van der Waals surface area contributed by atoms with Crippen LogP contribution in [0, 0.1) is 0 Å². The standard InChI is InChI=1S/C39H64/c1-20-27(28-21-25(34(2,3)4)24-31(38(14,15)16)33(28)39(17,18)19)32-29(36(8,9)10)22-26(35(5,6)7)23-30(32)37(11,12)13/h21-24,27H,20H2,1-19H3. The highest BCUT2D eigenvalue weighted by Gasteiger charge is 2.37. The van der Waals surface area contributed by atoms with Gasteiger partial charge in [0, 0.05) is 5.92 Å². The van der Waals surface area contributed by atoms with Crippen molar-refractivity contribution in [3.8, 4) is 0 Å². The average Bonchev–Trinajstić information content (AvgIpc) is 2.69. The fraction of sp³-hybridized carbons (Fsp3) is 0.692. The molecule has 0 aliphatic rings. The summed E-state index contributed by atoms with van der Waals surface area (Å²) in [6.07, 6.45) is 1.08. The van der Waals surface area contributed by atoms with Crippen molar-refractivity contribution < 1.29 is 0 Å². The van der Waals surface area contributed by atoms with Gasteiger partial charge in [-0.3, -0.25) is 0 Å². The number of hydrogen-bond acceptors (Lipinski definition) is 0. The fourth-order valence-corrected chi connectivity index (χ4v) is 6.08. The molecular weight excluding hydrogens is 468 g/mol. The molecule has 0 heterocycles. The summed E-state index contributed by atoms with van der Waals surface area (Å²) in [4.78, 5) is 0. The van der Waals surface area contributed by atoms with Gasteiger partial charge >= 0.3 is 0 Å². The Hall–Kier alpha value is -1.56. The first-order valence-electron chi connectivity index (χ1n) is 15.5. The van der Waals surface area contributed by atoms with E-state index < -0.39 is 0 Å². The monoisotopic (exact) mass is 533 g/mol. The Morgan fingerprint density at radius 3 is 1.05 bits per heavy atom. The molecular formula is C39H64. The van der Waals surface area contributed by atoms with Crippen molar-refractivity contribution in [1.82, 2.24) is 0 Å². The second kappa shape index (κ2) is 10.4. The summed E-state index contributed by atoms with van der Waals surface area (Å²) in [5, 5.41) is 0. The maximum Gasteiger partial charge on any atom is 0.00957 e. The highest BCUT2D eigenvalue weighted by molar-refractivity contribution is 5.57. The predicted molar refractivity (Wildman–Crippen MR) is 177 cm³/mol. The lowest BCUT2D eigenvalue weighted by atomic mass is 9.64. The quantitative estimate of drug-likeness (QED) is 0.369. The summed E-state index contributed by atoms with van der Waals surface area (Å²) in [5.74, 6) is 0.333. The molecule has 1 unspecified atom stereocenters. The fourth-order valence-electron chi connectivity index (χ4n) is 6.08. The van der Waals surface area contributed by atoms with Crippen molar-refractivity contribution in [2.45, 2.75) is 176 Å². The molecule has 0 saturated heterocycles. The lowest BCUT2D eigenvalue weighted by Crippen LogP contribution is -2.29. The van der Waals surface area contributed by atoms with Crippen molar-refractivity contribution in [3.05, 3.63) is 68.8 Å². The number of rotatable bonds is 3. The molecule has 0 aliphatic heterocycles. The van der Waals surface area contributed by atoms with Crippen LogP contribution in [0.1, 0.15) is 188 Å². The molecule has 0 aromatic heterocycles. The predicted octanol–water partition coefficient (Wildman–Crippen LogP) is 12.0. The maximum absolute atomic E-state index is 2.60. The van der Waals surface area contributed by atoms with Crippen molar-refractivity contribution >= 4 is 0 Å². The van der Waals surface area contributed by atoms with Crippen LogP contribution in [0.15, 0.2) is 24.3 Å². The Morgan fingerprint density at radius 2 is 0.769 bits per heavy atom. The Balaban J connectivity index is 3.29. The van der Waals surface area contributed by atoms with E-state index in [9.17, 15) is 0 Å². The van der Waals surface area contributed by atoms with Crippen molar-refractivity contribution in [1.29, 1.82) is 0 Å². The van der Waals surface area contributed by atoms with Gasteiger partial charge in [-0.1, -0.05) is 156 Å². The minimum absolute atomic E-state index is 0.0386. The Bertz CT molecular complexity index is 1120. The molecule has 2 aromatic carbocycles. The average molecular weight is 533 g/mol. The third kappa shape index (κ3) is 7.40. The molecule has 0 saturated carbocycles. The van der Waals surface area contributed by atoms with Gasteiger partial charge in [-0.05, 0) is 83.4 Å². The lowest BCUT2D eigenvalue weighted by Gasteiger charge is -2.40. The minimum Gasteiger partial charge on any atom is -0.0645 e. The van der Waals surface area contributed by atoms with E-state index in [0.717, 1.165) is 6.42 Å². The summed E-state index contributed by atoms with van der Waals surface area (Å²) in [7, 11) is 0. The largest absolute Gasteiger partial charge is 0.0645 e. The third-order valence-corrected chi connectivity index (χ3v) is 8.39. The maximum atomic E-state index is 2.60. The minimum atomic E-state index is 0.0386. The SMILES string of the molecule is CCC(c1cc(C(C)(C)C)cc(C(C)(C)C)c1C(C)(C)C)c1c(C(C)(C)C)cc(C(C)(C)C)cc1C(C)(C)C. The van der Waals surface area contributed by atoms with E-state index in [1.807, 2.05) is 0 Å². The van der Waals surface area contributed by atoms with Gasteiger partial charge in [0.2, 0.25) is 0 Å². The zero-order valence-electron chi connectivity index (χ0n) is 29.6. The molecule has 220 valence electrons. The van der Waals surface area contributed by atoms with Gasteiger partial charge in [-0.2, -0.15) is 0 Å². The summed E-state index contributed by atoms with van der Waals surface area (Å²) in [5.41, 5.74) is 12.5. The van der Waals surface area contributed by atoms with Gasteiger partial charge in [-0.15, -0.1) is 0 Å². The zero-order valence-corrected chi connectivity index (χ0v) is 29.6. The van der Waals surface area contributed by atoms with E-state index in [1.165, 1.54) is 27.8 Å². The van der Waals surface area contributed by atoms with Crippen LogP contribution in [0.25, 0.3) is 0 Å². The summed E-state index contributed by atoms with van der Waals surface area (Å²) >= 11 is 0. The first kappa shape index (κ1) is 33.6. The highest BCUT2D eigenvalue weighted by atomic mass is 14.4. The molecule has 1 atom stereocenters. The molecule has 39 heavy (non-hydrogen) atoms. The van der Waals surface area contributed by atoms with Gasteiger partial charge in [0.05, 0.1) is 0 Å². The highest BCUT2D eigenvalue weighted by Crippen LogP contribution is 2.49. The molecule has 0 heteroatoms. The van der Waals surface area contributed by atoms with Gasteiger partial charge < -0.3 is 0 Å². The molecule has 0 nitrogen and oxygen atoms in total. The summed E-state index contributed by atoms with van der Waals surface area (Å²) in [6, 6.07) is 10.2. The van der Waals surface area contributed by atoms with Crippen molar-refractivity contribution in [2.75, 3.05) is 0 Å². The van der Waals surface area contributed by atoms with E-state index in [1.54, 1.807) is 16.7 Å². The van der Waals surface area contributed by atoms with Crippen LogP contribution in [-0.2, 0) is 32.5 Å². The summed E-state index contributed by atoms with van der Waals surface area (Å²) in [6.45, 7) is 45.5. The topological polar surface area (TPSA) is 0 Å². The van der Waals surface area contributed by atoms with E-state index in [4.69, 9.17) is 0 Å². The van der Waals surface area contributed by atoms with E-state index in [0.29, 0.717) is 5.92 Å². The third-order valence-electron chi connectivity index (χ3n) is 8.39. The Kier molecular flexibility index (Phi) is 8.94. The van der Waals surface area contributed by atoms with Crippen LogP contribution in [0.2, 0.25) is 0 Å². The molecule has 0 fully saturated rings. The molecule has 0 spiro atoms. The van der Waals surface area contributed by atoms with E-state index in [-0.39, 0.29) is 32.5 Å². The number of hydrogen-bond donors (Lipinski definition) is 0. The van der Waals surface area contributed by atoms with Gasteiger partial charge in [-0.25, -0.2) is 0 Å². The van der Waals surface area contributed by atoms with Crippen LogP contribution in [0.3, 0.4) is 0 Å². The molecule has 2 rings (SSSR count). The molecule has 0 radical (unpaired) electrons. The molecule has 0 aliphatic carbocycles. The van der Waals surface area contributed by atoms with Crippen LogP contribution < -0.4 is 0 Å². The van der Waals surface area contributed by atoms with Crippen molar-refractivity contribution in [2.24, 2.45) is 0 Å². The smallest absolute Gasteiger partial charge is 0.00957 e. The molecule has 2 aromatic rings. The van der Waals surface area contributed by atoms with Crippen molar-refractivity contribution in [3.63, 3.8) is 0 Å². The van der Waals surface area contributed by atoms with E-state index in [2.05, 4.69) is 156 Å². The van der Waals surface area contributed by atoms with E-state index >= 15 is 0 Å². The van der Waals surface area contributed by atoms with Crippen LogP contribution in [0.5, 0.6) is 0 Å². The number of benzene rings is 2. The van der Waals surface area contributed by atoms with Gasteiger partial charge in [0.1, 0.15) is 0 Å². The summed E-state index contributed by atoms with van der Waals surface area (Å²) < 4.78 is 0. The zero-order chi connectivity index (χ0) is 30.7. The van der Waals surface area contributed by atoms with Crippen LogP contribution >= 0.6 is 0 Å². The normalized spacial score (nSPS) is 15.1. The van der Waals surface area contributed by atoms with Gasteiger partial charge in [0.15, 0.2) is 0 Å². The second-order valence-electron chi connectivity index (χ2n) is 18.4. The Labute approximate surface area is 244 Å². The molecule has 0 N–H and O–H groups in total. The van der Waals surface area contributed by atoms with Crippen LogP contribution in [-0.4, -0.2) is 0 Å². The lowest BCUT2D eigenvalue weighted by molar-refractivity contribution is 0.504. The Morgan fingerprint density at radius 1 is 0.436 bits per heavy atom. The second-order valence-corrected chi connectivity index (χ2v) is 18.4. The first-order chi connectivity index (χ1) is 17.1. The molecule has 0 amide bonds. The van der Waals surface area contributed by atoms with Gasteiger partial charge in [0.25, 0.3) is 0 Å². The van der Waals surface area contributed by atoms with Crippen LogP contribution in [0.4, 0.5) is 0 Å². The molecule has 0 bridgehead atoms. The first-order valence-corrected chi connectivity index (χ1v) is 15.5.